The summed E-state index contributed by atoms with van der Waals surface area (Å²) in [5.74, 6) is -1.38. The van der Waals surface area contributed by atoms with Gasteiger partial charge in [-0.2, -0.15) is 0 Å². The molecule has 6 heteroatoms. The van der Waals surface area contributed by atoms with E-state index in [1.165, 1.54) is 7.11 Å². The first kappa shape index (κ1) is 11.9. The van der Waals surface area contributed by atoms with E-state index >= 15 is 0 Å². The van der Waals surface area contributed by atoms with E-state index in [9.17, 15) is 9.59 Å². The summed E-state index contributed by atoms with van der Waals surface area (Å²) >= 11 is 0. The van der Waals surface area contributed by atoms with Crippen LogP contribution in [0.5, 0.6) is 0 Å². The van der Waals surface area contributed by atoms with Gasteiger partial charge in [-0.1, -0.05) is 0 Å². The predicted molar refractivity (Wildman–Crippen MR) is 52.2 cm³/mol. The highest BCUT2D eigenvalue weighted by Crippen LogP contribution is 2.44. The number of nitrogens with two attached hydrogens (primary N) is 1. The molecule has 0 aromatic heterocycles. The summed E-state index contributed by atoms with van der Waals surface area (Å²) in [7, 11) is 1.39. The number of hydrogen-bond acceptors (Lipinski definition) is 4. The standard InChI is InChI=1S/C9H16N2O4/c1-15-4-6(7(12)13)11-8(14)9(5-10)2-3-9/h6H,2-5,10H2,1H3,(H,11,14)(H,12,13). The van der Waals surface area contributed by atoms with Gasteiger partial charge in [-0.25, -0.2) is 4.79 Å². The molecular weight excluding hydrogens is 200 g/mol. The quantitative estimate of drug-likeness (QED) is 0.525. The molecule has 1 amide bonds. The molecule has 1 aliphatic carbocycles. The lowest BCUT2D eigenvalue weighted by Crippen LogP contribution is -2.48. The average Bonchev–Trinajstić information content (AvgIpc) is 2.97. The van der Waals surface area contributed by atoms with Crippen LogP contribution in [0.15, 0.2) is 0 Å². The molecule has 0 bridgehead atoms. The summed E-state index contributed by atoms with van der Waals surface area (Å²) in [6, 6.07) is -0.994. The molecule has 0 heterocycles. The Labute approximate surface area is 87.8 Å². The predicted octanol–water partition coefficient (Wildman–Crippen LogP) is -1.06. The normalized spacial score (nSPS) is 19.3. The number of ether oxygens (including phenoxy) is 1. The summed E-state index contributed by atoms with van der Waals surface area (Å²) in [5.41, 5.74) is 4.93. The largest absolute Gasteiger partial charge is 0.480 e. The van der Waals surface area contributed by atoms with Crippen molar-refractivity contribution in [2.45, 2.75) is 18.9 Å². The monoisotopic (exact) mass is 216 g/mol. The fraction of sp³-hybridized carbons (Fsp3) is 0.778. The maximum atomic E-state index is 11.6. The molecule has 0 spiro atoms. The minimum absolute atomic E-state index is 0.0400. The number of amides is 1. The Kier molecular flexibility index (Phi) is 3.65. The number of carbonyl (C=O) groups excluding carboxylic acids is 1. The van der Waals surface area contributed by atoms with Crippen molar-refractivity contribution in [2.75, 3.05) is 20.3 Å². The van der Waals surface area contributed by atoms with Gasteiger partial charge in [-0.3, -0.25) is 4.79 Å². The number of nitrogens with one attached hydrogen (secondary N) is 1. The summed E-state index contributed by atoms with van der Waals surface area (Å²) in [5, 5.41) is 11.2. The van der Waals surface area contributed by atoms with Crippen molar-refractivity contribution < 1.29 is 19.4 Å². The second-order valence-corrected chi connectivity index (χ2v) is 3.80. The number of methoxy groups -OCH3 is 1. The molecular formula is C9H16N2O4. The van der Waals surface area contributed by atoms with Crippen molar-refractivity contribution in [1.29, 1.82) is 0 Å². The van der Waals surface area contributed by atoms with Gasteiger partial charge >= 0.3 is 5.97 Å². The van der Waals surface area contributed by atoms with Crippen LogP contribution < -0.4 is 11.1 Å². The summed E-state index contributed by atoms with van der Waals surface area (Å²) in [6.07, 6.45) is 1.46. The Morgan fingerprint density at radius 1 is 1.60 bits per heavy atom. The zero-order valence-electron chi connectivity index (χ0n) is 8.66. The second kappa shape index (κ2) is 4.59. The molecule has 1 aliphatic rings. The SMILES string of the molecule is COCC(NC(=O)C1(CN)CC1)C(=O)O. The van der Waals surface area contributed by atoms with Crippen molar-refractivity contribution in [3.05, 3.63) is 0 Å². The Balaban J connectivity index is 2.51. The van der Waals surface area contributed by atoms with Gasteiger partial charge in [0, 0.05) is 13.7 Å². The highest BCUT2D eigenvalue weighted by Gasteiger charge is 2.49. The van der Waals surface area contributed by atoms with Crippen LogP contribution in [0.3, 0.4) is 0 Å². The number of aliphatic carboxylic acids is 1. The number of rotatable bonds is 6. The maximum absolute atomic E-state index is 11.6. The van der Waals surface area contributed by atoms with Crippen molar-refractivity contribution in [3.8, 4) is 0 Å². The Morgan fingerprint density at radius 2 is 2.20 bits per heavy atom. The van der Waals surface area contributed by atoms with E-state index in [0.29, 0.717) is 0 Å². The average molecular weight is 216 g/mol. The van der Waals surface area contributed by atoms with Crippen LogP contribution in [0, 0.1) is 5.41 Å². The van der Waals surface area contributed by atoms with Crippen LogP contribution in [-0.4, -0.2) is 43.3 Å². The maximum Gasteiger partial charge on any atom is 0.328 e. The second-order valence-electron chi connectivity index (χ2n) is 3.80. The van der Waals surface area contributed by atoms with Crippen molar-refractivity contribution >= 4 is 11.9 Å². The molecule has 1 rings (SSSR count). The molecule has 1 fully saturated rings. The van der Waals surface area contributed by atoms with Gasteiger partial charge in [0.1, 0.15) is 0 Å². The first-order valence-corrected chi connectivity index (χ1v) is 4.78. The minimum atomic E-state index is -1.10. The first-order chi connectivity index (χ1) is 7.05. The lowest BCUT2D eigenvalue weighted by Gasteiger charge is -2.17. The lowest BCUT2D eigenvalue weighted by atomic mass is 10.1. The Morgan fingerprint density at radius 3 is 2.53 bits per heavy atom. The fourth-order valence-electron chi connectivity index (χ4n) is 1.33. The Bertz CT molecular complexity index is 263. The zero-order valence-corrected chi connectivity index (χ0v) is 8.66. The molecule has 86 valence electrons. The molecule has 1 atom stereocenters. The number of carboxylic acid groups (broad SMARTS) is 1. The van der Waals surface area contributed by atoms with Crippen molar-refractivity contribution in [2.24, 2.45) is 11.1 Å². The molecule has 0 aliphatic heterocycles. The van der Waals surface area contributed by atoms with Crippen molar-refractivity contribution in [3.63, 3.8) is 0 Å². The molecule has 4 N–H and O–H groups in total. The molecule has 6 nitrogen and oxygen atoms in total. The molecule has 1 saturated carbocycles. The van der Waals surface area contributed by atoms with Crippen LogP contribution in [0.25, 0.3) is 0 Å². The molecule has 0 aromatic carbocycles. The van der Waals surface area contributed by atoms with Crippen LogP contribution in [0.2, 0.25) is 0 Å². The van der Waals surface area contributed by atoms with Crippen LogP contribution in [-0.2, 0) is 14.3 Å². The van der Waals surface area contributed by atoms with Gasteiger partial charge < -0.3 is 20.9 Å². The highest BCUT2D eigenvalue weighted by atomic mass is 16.5. The van der Waals surface area contributed by atoms with Crippen LogP contribution >= 0.6 is 0 Å². The molecule has 0 saturated heterocycles. The van der Waals surface area contributed by atoms with E-state index in [2.05, 4.69) is 5.32 Å². The molecule has 15 heavy (non-hydrogen) atoms. The summed E-state index contributed by atoms with van der Waals surface area (Å²) in [6.45, 7) is 0.222. The summed E-state index contributed by atoms with van der Waals surface area (Å²) < 4.78 is 4.71. The Hall–Kier alpha value is -1.14. The third kappa shape index (κ3) is 2.66. The van der Waals surface area contributed by atoms with Crippen LogP contribution in [0.4, 0.5) is 0 Å². The third-order valence-electron chi connectivity index (χ3n) is 2.66. The van der Waals surface area contributed by atoms with E-state index in [0.717, 1.165) is 12.8 Å². The van der Waals surface area contributed by atoms with E-state index < -0.39 is 17.4 Å². The highest BCUT2D eigenvalue weighted by molar-refractivity contribution is 5.89. The molecule has 1 unspecified atom stereocenters. The van der Waals surface area contributed by atoms with E-state index in [4.69, 9.17) is 15.6 Å². The fourth-order valence-corrected chi connectivity index (χ4v) is 1.33. The lowest BCUT2D eigenvalue weighted by molar-refractivity contribution is -0.144. The van der Waals surface area contributed by atoms with Gasteiger partial charge in [-0.15, -0.1) is 0 Å². The zero-order chi connectivity index (χ0) is 11.5. The third-order valence-corrected chi connectivity index (χ3v) is 2.66. The minimum Gasteiger partial charge on any atom is -0.480 e. The molecule has 0 radical (unpaired) electrons. The van der Waals surface area contributed by atoms with Gasteiger partial charge in [-0.05, 0) is 12.8 Å². The number of carboxylic acids is 1. The van der Waals surface area contributed by atoms with Crippen molar-refractivity contribution in [1.82, 2.24) is 5.32 Å². The number of hydrogen-bond donors (Lipinski definition) is 3. The topological polar surface area (TPSA) is 102 Å². The number of carbonyl (C=O) groups is 2. The van der Waals surface area contributed by atoms with E-state index in [1.54, 1.807) is 0 Å². The van der Waals surface area contributed by atoms with Crippen LogP contribution in [0.1, 0.15) is 12.8 Å². The van der Waals surface area contributed by atoms with E-state index in [1.807, 2.05) is 0 Å². The molecule has 0 aromatic rings. The van der Waals surface area contributed by atoms with Gasteiger partial charge in [0.2, 0.25) is 5.91 Å². The van der Waals surface area contributed by atoms with E-state index in [-0.39, 0.29) is 19.1 Å². The first-order valence-electron chi connectivity index (χ1n) is 4.78. The van der Waals surface area contributed by atoms with Gasteiger partial charge in [0.05, 0.1) is 12.0 Å². The summed E-state index contributed by atoms with van der Waals surface area (Å²) in [4.78, 5) is 22.4. The smallest absolute Gasteiger partial charge is 0.328 e. The van der Waals surface area contributed by atoms with Gasteiger partial charge in [0.25, 0.3) is 0 Å². The van der Waals surface area contributed by atoms with Gasteiger partial charge in [0.15, 0.2) is 6.04 Å².